The fraction of sp³-hybridized carbons (Fsp3) is 0.316. The van der Waals surface area contributed by atoms with Crippen molar-refractivity contribution in [1.82, 2.24) is 10.7 Å². The summed E-state index contributed by atoms with van der Waals surface area (Å²) in [5, 5.41) is 16.8. The van der Waals surface area contributed by atoms with Gasteiger partial charge >= 0.3 is 5.97 Å². The van der Waals surface area contributed by atoms with Gasteiger partial charge in [-0.15, -0.1) is 0 Å². The van der Waals surface area contributed by atoms with Crippen molar-refractivity contribution in [2.45, 2.75) is 38.1 Å². The second kappa shape index (κ2) is 8.62. The zero-order valence-corrected chi connectivity index (χ0v) is 15.1. The lowest BCUT2D eigenvalue weighted by Crippen LogP contribution is -2.40. The summed E-state index contributed by atoms with van der Waals surface area (Å²) in [4.78, 5) is 10.9. The Hall–Kier alpha value is -2.67. The van der Waals surface area contributed by atoms with Gasteiger partial charge in [-0.25, -0.2) is 4.79 Å². The number of carboxylic acids is 1. The third-order valence-electron chi connectivity index (χ3n) is 4.34. The molecule has 6 nitrogen and oxygen atoms in total. The maximum absolute atomic E-state index is 10.9. The first-order valence-corrected chi connectivity index (χ1v) is 9.06. The van der Waals surface area contributed by atoms with Gasteiger partial charge in [-0.05, 0) is 49.3 Å². The number of hydrogen-bond donors (Lipinski definition) is 3. The third-order valence-corrected chi connectivity index (χ3v) is 4.55. The molecule has 0 spiro atoms. The number of hydrazone groups is 1. The van der Waals surface area contributed by atoms with Crippen LogP contribution in [0.4, 0.5) is 0 Å². The highest BCUT2D eigenvalue weighted by Gasteiger charge is 2.13. The normalized spacial score (nSPS) is 15.1. The van der Waals surface area contributed by atoms with Crippen molar-refractivity contribution < 1.29 is 14.3 Å². The molecule has 1 saturated carbocycles. The van der Waals surface area contributed by atoms with E-state index < -0.39 is 5.97 Å². The Morgan fingerprint density at radius 1 is 1.15 bits per heavy atom. The average Bonchev–Trinajstić information content (AvgIpc) is 3.11. The van der Waals surface area contributed by atoms with Crippen LogP contribution in [0.15, 0.2) is 45.9 Å². The fourth-order valence-corrected chi connectivity index (χ4v) is 3.19. The molecule has 0 bridgehead atoms. The average molecular weight is 371 g/mol. The number of nitrogens with zero attached hydrogens (tertiary/aromatic N) is 1. The Balaban J connectivity index is 1.53. The zero-order valence-electron chi connectivity index (χ0n) is 14.3. The van der Waals surface area contributed by atoms with Crippen LogP contribution >= 0.6 is 12.2 Å². The number of carboxylic acid groups (broad SMARTS) is 1. The summed E-state index contributed by atoms with van der Waals surface area (Å²) >= 11 is 5.25. The molecule has 0 atom stereocenters. The van der Waals surface area contributed by atoms with Crippen LogP contribution in [-0.2, 0) is 0 Å². The van der Waals surface area contributed by atoms with Gasteiger partial charge in [0.25, 0.3) is 0 Å². The Kier molecular flexibility index (Phi) is 6.01. The number of hydrogen-bond acceptors (Lipinski definition) is 4. The quantitative estimate of drug-likeness (QED) is 0.421. The second-order valence-corrected chi connectivity index (χ2v) is 6.67. The van der Waals surface area contributed by atoms with Gasteiger partial charge in [-0.2, -0.15) is 5.10 Å². The molecule has 0 saturated heterocycles. The summed E-state index contributed by atoms with van der Waals surface area (Å²) < 4.78 is 5.70. The Labute approximate surface area is 157 Å². The van der Waals surface area contributed by atoms with Crippen LogP contribution in [0.25, 0.3) is 11.3 Å². The lowest BCUT2D eigenvalue weighted by atomic mass is 9.96. The number of carbonyl (C=O) groups is 1. The van der Waals surface area contributed by atoms with Gasteiger partial charge in [0.2, 0.25) is 0 Å². The Morgan fingerprint density at radius 3 is 2.58 bits per heavy atom. The molecule has 136 valence electrons. The number of aromatic carboxylic acids is 1. The van der Waals surface area contributed by atoms with E-state index in [-0.39, 0.29) is 5.56 Å². The molecule has 2 aromatic rings. The minimum absolute atomic E-state index is 0.241. The van der Waals surface area contributed by atoms with E-state index in [4.69, 9.17) is 21.7 Å². The number of nitrogens with one attached hydrogen (secondary N) is 2. The van der Waals surface area contributed by atoms with E-state index in [1.807, 2.05) is 6.07 Å². The van der Waals surface area contributed by atoms with Gasteiger partial charge in [-0.3, -0.25) is 5.43 Å². The van der Waals surface area contributed by atoms with E-state index in [2.05, 4.69) is 15.8 Å². The lowest BCUT2D eigenvalue weighted by Gasteiger charge is -2.23. The zero-order chi connectivity index (χ0) is 18.4. The second-order valence-electron chi connectivity index (χ2n) is 6.26. The molecule has 1 aromatic carbocycles. The third kappa shape index (κ3) is 4.92. The van der Waals surface area contributed by atoms with Crippen LogP contribution in [0.1, 0.15) is 48.2 Å². The molecule has 0 unspecified atom stereocenters. The first kappa shape index (κ1) is 18.1. The standard InChI is InChI=1S/C19H21N3O3S/c23-18(24)14-8-6-13(7-9-14)17-11-10-16(25-17)12-20-22-19(26)21-15-4-2-1-3-5-15/h6-12,15H,1-5H2,(H,23,24)(H2,21,22,26). The Morgan fingerprint density at radius 2 is 1.88 bits per heavy atom. The van der Waals surface area contributed by atoms with E-state index >= 15 is 0 Å². The summed E-state index contributed by atoms with van der Waals surface area (Å²) in [5.74, 6) is 0.272. The van der Waals surface area contributed by atoms with Crippen LogP contribution < -0.4 is 10.7 Å². The first-order chi connectivity index (χ1) is 12.6. The summed E-state index contributed by atoms with van der Waals surface area (Å²) in [6.07, 6.45) is 7.64. The highest BCUT2D eigenvalue weighted by Crippen LogP contribution is 2.22. The molecule has 1 aliphatic rings. The van der Waals surface area contributed by atoms with Crippen molar-refractivity contribution in [3.8, 4) is 11.3 Å². The molecule has 1 aliphatic carbocycles. The molecule has 1 aromatic heterocycles. The molecule has 0 radical (unpaired) electrons. The monoisotopic (exact) mass is 371 g/mol. The van der Waals surface area contributed by atoms with Gasteiger partial charge in [-0.1, -0.05) is 31.4 Å². The lowest BCUT2D eigenvalue weighted by molar-refractivity contribution is 0.0697. The SMILES string of the molecule is O=C(O)c1ccc(-c2ccc(C=NNC(=S)NC3CCCCC3)o2)cc1. The van der Waals surface area contributed by atoms with Crippen LogP contribution in [0.5, 0.6) is 0 Å². The maximum atomic E-state index is 10.9. The van der Waals surface area contributed by atoms with Crippen molar-refractivity contribution in [2.75, 3.05) is 0 Å². The molecular weight excluding hydrogens is 350 g/mol. The minimum Gasteiger partial charge on any atom is -0.478 e. The van der Waals surface area contributed by atoms with Gasteiger partial charge < -0.3 is 14.8 Å². The maximum Gasteiger partial charge on any atom is 0.335 e. The van der Waals surface area contributed by atoms with Crippen LogP contribution in [0, 0.1) is 0 Å². The topological polar surface area (TPSA) is 86.9 Å². The van der Waals surface area contributed by atoms with Gasteiger partial charge in [0.1, 0.15) is 11.5 Å². The van der Waals surface area contributed by atoms with Crippen LogP contribution in [0.3, 0.4) is 0 Å². The smallest absolute Gasteiger partial charge is 0.335 e. The summed E-state index contributed by atoms with van der Waals surface area (Å²) in [6.45, 7) is 0. The molecular formula is C19H21N3O3S. The van der Waals surface area contributed by atoms with Crippen molar-refractivity contribution in [2.24, 2.45) is 5.10 Å². The number of benzene rings is 1. The van der Waals surface area contributed by atoms with Crippen molar-refractivity contribution in [1.29, 1.82) is 0 Å². The molecule has 1 heterocycles. The molecule has 3 rings (SSSR count). The largest absolute Gasteiger partial charge is 0.478 e. The number of furan rings is 1. The molecule has 3 N–H and O–H groups in total. The van der Waals surface area contributed by atoms with Gasteiger partial charge in [0.05, 0.1) is 11.8 Å². The van der Waals surface area contributed by atoms with Crippen molar-refractivity contribution in [3.63, 3.8) is 0 Å². The first-order valence-electron chi connectivity index (χ1n) is 8.65. The molecule has 7 heteroatoms. The predicted octanol–water partition coefficient (Wildman–Crippen LogP) is 3.78. The van der Waals surface area contributed by atoms with Crippen molar-refractivity contribution >= 4 is 29.5 Å². The summed E-state index contributed by atoms with van der Waals surface area (Å²) in [7, 11) is 0. The van der Waals surface area contributed by atoms with E-state index in [9.17, 15) is 4.79 Å². The number of rotatable bonds is 5. The van der Waals surface area contributed by atoms with E-state index in [1.54, 1.807) is 36.5 Å². The Bertz CT molecular complexity index is 793. The molecule has 1 fully saturated rings. The van der Waals surface area contributed by atoms with Gasteiger partial charge in [0.15, 0.2) is 5.11 Å². The minimum atomic E-state index is -0.951. The van der Waals surface area contributed by atoms with Crippen molar-refractivity contribution in [3.05, 3.63) is 47.7 Å². The number of thiocarbonyl (C=S) groups is 1. The van der Waals surface area contributed by atoms with Crippen LogP contribution in [0.2, 0.25) is 0 Å². The molecule has 0 amide bonds. The summed E-state index contributed by atoms with van der Waals surface area (Å²) in [6, 6.07) is 10.6. The molecule has 26 heavy (non-hydrogen) atoms. The van der Waals surface area contributed by atoms with E-state index in [0.717, 1.165) is 18.4 Å². The fourth-order valence-electron chi connectivity index (χ4n) is 2.97. The summed E-state index contributed by atoms with van der Waals surface area (Å²) in [5.41, 5.74) is 3.86. The van der Waals surface area contributed by atoms with E-state index in [0.29, 0.717) is 22.7 Å². The highest BCUT2D eigenvalue weighted by molar-refractivity contribution is 7.80. The molecule has 0 aliphatic heterocycles. The predicted molar refractivity (Wildman–Crippen MR) is 104 cm³/mol. The highest BCUT2D eigenvalue weighted by atomic mass is 32.1. The van der Waals surface area contributed by atoms with Gasteiger partial charge in [0, 0.05) is 11.6 Å². The van der Waals surface area contributed by atoms with E-state index in [1.165, 1.54) is 19.3 Å². The van der Waals surface area contributed by atoms with Crippen LogP contribution in [-0.4, -0.2) is 28.4 Å².